The Kier molecular flexibility index (Phi) is 8.61. The van der Waals surface area contributed by atoms with Gasteiger partial charge in [0.15, 0.2) is 5.69 Å². The minimum Gasteiger partial charge on any atom is -0.395 e. The van der Waals surface area contributed by atoms with Crippen LogP contribution < -0.4 is 21.3 Å². The van der Waals surface area contributed by atoms with Gasteiger partial charge < -0.3 is 16.4 Å². The molecule has 1 heterocycles. The number of anilines is 2. The maximum atomic E-state index is 13.7. The Morgan fingerprint density at radius 2 is 1.56 bits per heavy atom. The Balaban J connectivity index is 1.54. The van der Waals surface area contributed by atoms with Gasteiger partial charge in [-0.2, -0.15) is 4.37 Å². The van der Waals surface area contributed by atoms with E-state index in [9.17, 15) is 14.4 Å². The lowest BCUT2D eigenvalue weighted by atomic mass is 9.95. The van der Waals surface area contributed by atoms with Gasteiger partial charge in [0, 0.05) is 17.8 Å². The molecule has 4 N–H and O–H groups in total. The molecule has 1 aromatic carbocycles. The zero-order valence-corrected chi connectivity index (χ0v) is 22.0. The van der Waals surface area contributed by atoms with E-state index in [1.807, 2.05) is 24.3 Å². The summed E-state index contributed by atoms with van der Waals surface area (Å²) in [4.78, 5) is 41.0. The summed E-state index contributed by atoms with van der Waals surface area (Å²) in [6.45, 7) is 4.08. The Labute approximate surface area is 217 Å². The molecule has 0 saturated heterocycles. The van der Waals surface area contributed by atoms with Crippen molar-refractivity contribution in [3.8, 4) is 0 Å². The second kappa shape index (κ2) is 11.9. The van der Waals surface area contributed by atoms with Crippen molar-refractivity contribution >= 4 is 40.6 Å². The number of amides is 3. The Morgan fingerprint density at radius 3 is 2.17 bits per heavy atom. The molecular formula is C27H37N5O3S. The van der Waals surface area contributed by atoms with Crippen LogP contribution in [0, 0.1) is 0 Å². The Bertz CT molecular complexity index is 1070. The number of nitrogens with two attached hydrogens (primary N) is 1. The average molecular weight is 512 g/mol. The monoisotopic (exact) mass is 511 g/mol. The summed E-state index contributed by atoms with van der Waals surface area (Å²) in [5.41, 5.74) is 8.19. The van der Waals surface area contributed by atoms with Crippen molar-refractivity contribution in [2.24, 2.45) is 0 Å². The summed E-state index contributed by atoms with van der Waals surface area (Å²) < 4.78 is 4.23. The van der Waals surface area contributed by atoms with Gasteiger partial charge in [-0.1, -0.05) is 58.1 Å². The van der Waals surface area contributed by atoms with E-state index in [1.54, 1.807) is 0 Å². The third-order valence-electron chi connectivity index (χ3n) is 7.22. The molecule has 2 fully saturated rings. The molecule has 3 amide bonds. The van der Waals surface area contributed by atoms with Gasteiger partial charge in [-0.25, -0.2) is 0 Å². The third-order valence-corrected chi connectivity index (χ3v) is 8.07. The van der Waals surface area contributed by atoms with Crippen molar-refractivity contribution in [3.05, 3.63) is 40.4 Å². The van der Waals surface area contributed by atoms with E-state index in [1.165, 1.54) is 11.3 Å². The predicted molar refractivity (Wildman–Crippen MR) is 143 cm³/mol. The molecule has 0 aliphatic heterocycles. The zero-order valence-electron chi connectivity index (χ0n) is 21.2. The number of nitrogen functional groups attached to an aromatic ring is 1. The van der Waals surface area contributed by atoms with Crippen LogP contribution in [0.5, 0.6) is 0 Å². The summed E-state index contributed by atoms with van der Waals surface area (Å²) in [5, 5.41) is 6.07. The van der Waals surface area contributed by atoms with Crippen molar-refractivity contribution in [2.75, 3.05) is 17.2 Å². The third kappa shape index (κ3) is 6.24. The number of hydrogen-bond acceptors (Lipinski definition) is 6. The van der Waals surface area contributed by atoms with E-state index < -0.39 is 5.91 Å². The Hall–Kier alpha value is -2.94. The topological polar surface area (TPSA) is 117 Å². The maximum absolute atomic E-state index is 13.7. The molecule has 1 aromatic heterocycles. The van der Waals surface area contributed by atoms with Gasteiger partial charge in [-0.3, -0.25) is 19.3 Å². The first-order valence-electron chi connectivity index (χ1n) is 13.1. The number of benzene rings is 1. The summed E-state index contributed by atoms with van der Waals surface area (Å²) in [6, 6.07) is 7.90. The van der Waals surface area contributed by atoms with Gasteiger partial charge in [0.2, 0.25) is 5.91 Å². The zero-order chi connectivity index (χ0) is 25.7. The van der Waals surface area contributed by atoms with Crippen LogP contribution in [0.2, 0.25) is 0 Å². The van der Waals surface area contributed by atoms with E-state index >= 15 is 0 Å². The molecule has 0 spiro atoms. The van der Waals surface area contributed by atoms with Crippen molar-refractivity contribution < 1.29 is 14.4 Å². The van der Waals surface area contributed by atoms with E-state index in [0.717, 1.165) is 68.5 Å². The first kappa shape index (κ1) is 26.1. The van der Waals surface area contributed by atoms with Gasteiger partial charge in [-0.05, 0) is 60.8 Å². The summed E-state index contributed by atoms with van der Waals surface area (Å²) in [6.07, 6.45) is 9.39. The van der Waals surface area contributed by atoms with Crippen molar-refractivity contribution in [1.29, 1.82) is 0 Å². The van der Waals surface area contributed by atoms with Crippen LogP contribution in [0.1, 0.15) is 103 Å². The highest BCUT2D eigenvalue weighted by Crippen LogP contribution is 2.28. The number of carbonyl (C=O) groups is 3. The van der Waals surface area contributed by atoms with Crippen molar-refractivity contribution in [1.82, 2.24) is 15.0 Å². The fraction of sp³-hybridized carbons (Fsp3) is 0.556. The van der Waals surface area contributed by atoms with Crippen LogP contribution in [0.15, 0.2) is 24.3 Å². The molecular weight excluding hydrogens is 474 g/mol. The summed E-state index contributed by atoms with van der Waals surface area (Å²) >= 11 is 0.907. The highest BCUT2D eigenvalue weighted by atomic mass is 32.1. The highest BCUT2D eigenvalue weighted by molar-refractivity contribution is 7.09. The minimum atomic E-state index is -0.430. The van der Waals surface area contributed by atoms with Gasteiger partial charge in [-0.15, -0.1) is 0 Å². The molecule has 0 radical (unpaired) electrons. The van der Waals surface area contributed by atoms with Gasteiger partial charge in [0.1, 0.15) is 11.4 Å². The van der Waals surface area contributed by atoms with E-state index in [2.05, 4.69) is 28.9 Å². The van der Waals surface area contributed by atoms with E-state index in [-0.39, 0.29) is 46.7 Å². The summed E-state index contributed by atoms with van der Waals surface area (Å²) in [7, 11) is 0. The molecule has 2 saturated carbocycles. The molecule has 36 heavy (non-hydrogen) atoms. The number of rotatable bonds is 8. The highest BCUT2D eigenvalue weighted by Gasteiger charge is 2.29. The van der Waals surface area contributed by atoms with Gasteiger partial charge in [0.05, 0.1) is 5.69 Å². The van der Waals surface area contributed by atoms with Crippen LogP contribution >= 0.6 is 11.5 Å². The lowest BCUT2D eigenvalue weighted by molar-refractivity contribution is -0.120. The average Bonchev–Trinajstić information content (AvgIpc) is 3.52. The molecule has 2 aliphatic rings. The second-order valence-corrected chi connectivity index (χ2v) is 11.0. The SMILES string of the molecule is CC(C)c1ccc(N(CC(=O)NC2CCCC2)C(=O)c2snc(C(=O)NC3CCCCC3)c2N)cc1. The summed E-state index contributed by atoms with van der Waals surface area (Å²) in [5.74, 6) is -0.639. The molecule has 9 heteroatoms. The predicted octanol–water partition coefficient (Wildman–Crippen LogP) is 4.62. The number of aromatic nitrogens is 1. The number of carbonyl (C=O) groups excluding carboxylic acids is 3. The quantitative estimate of drug-likeness (QED) is 0.478. The number of nitrogens with one attached hydrogen (secondary N) is 2. The number of nitrogens with zero attached hydrogens (tertiary/aromatic N) is 2. The molecule has 0 bridgehead atoms. The first-order valence-corrected chi connectivity index (χ1v) is 13.9. The van der Waals surface area contributed by atoms with E-state index in [0.29, 0.717) is 11.6 Å². The van der Waals surface area contributed by atoms with Crippen molar-refractivity contribution in [2.45, 2.75) is 89.6 Å². The molecule has 2 aliphatic carbocycles. The Morgan fingerprint density at radius 1 is 0.972 bits per heavy atom. The largest absolute Gasteiger partial charge is 0.395 e. The van der Waals surface area contributed by atoms with Gasteiger partial charge in [0.25, 0.3) is 11.8 Å². The standard InChI is InChI=1S/C27H37N5O3S/c1-17(2)18-12-14-21(15-13-18)32(16-22(33)29-19-10-6-7-11-19)27(35)25-23(28)24(31-36-25)26(34)30-20-8-4-3-5-9-20/h12-15,17,19-20H,3-11,16,28H2,1-2H3,(H,29,33)(H,30,34). The van der Waals surface area contributed by atoms with Crippen LogP contribution in [0.25, 0.3) is 0 Å². The minimum absolute atomic E-state index is 0.0679. The molecule has 8 nitrogen and oxygen atoms in total. The molecule has 0 unspecified atom stereocenters. The molecule has 194 valence electrons. The van der Waals surface area contributed by atoms with Crippen LogP contribution in [-0.2, 0) is 4.79 Å². The fourth-order valence-corrected chi connectivity index (χ4v) is 5.79. The van der Waals surface area contributed by atoms with Crippen LogP contribution in [-0.4, -0.2) is 40.7 Å². The van der Waals surface area contributed by atoms with Crippen LogP contribution in [0.4, 0.5) is 11.4 Å². The molecule has 0 atom stereocenters. The molecule has 2 aromatic rings. The lowest BCUT2D eigenvalue weighted by Crippen LogP contribution is -2.43. The van der Waals surface area contributed by atoms with Crippen molar-refractivity contribution in [3.63, 3.8) is 0 Å². The fourth-order valence-electron chi connectivity index (χ4n) is 5.05. The van der Waals surface area contributed by atoms with Crippen LogP contribution in [0.3, 0.4) is 0 Å². The normalized spacial score (nSPS) is 16.8. The lowest BCUT2D eigenvalue weighted by Gasteiger charge is -2.24. The molecule has 4 rings (SSSR count). The second-order valence-electron chi connectivity index (χ2n) is 10.3. The maximum Gasteiger partial charge on any atom is 0.273 e. The van der Waals surface area contributed by atoms with E-state index in [4.69, 9.17) is 5.73 Å². The first-order chi connectivity index (χ1) is 17.3. The van der Waals surface area contributed by atoms with Gasteiger partial charge >= 0.3 is 0 Å². The number of hydrogen-bond donors (Lipinski definition) is 3. The smallest absolute Gasteiger partial charge is 0.273 e.